The van der Waals surface area contributed by atoms with Crippen molar-refractivity contribution in [2.45, 2.75) is 58.5 Å². The van der Waals surface area contributed by atoms with E-state index in [2.05, 4.69) is 44.7 Å². The predicted molar refractivity (Wildman–Crippen MR) is 71.1 cm³/mol. The second-order valence-electron chi connectivity index (χ2n) is 5.90. The summed E-state index contributed by atoms with van der Waals surface area (Å²) < 4.78 is 0. The van der Waals surface area contributed by atoms with E-state index < -0.39 is 5.60 Å². The predicted octanol–water partition coefficient (Wildman–Crippen LogP) is 4.49. The first kappa shape index (κ1) is 14.2. The Labute approximate surface area is 105 Å². The zero-order chi connectivity index (χ0) is 13.1. The van der Waals surface area contributed by atoms with Crippen molar-refractivity contribution < 1.29 is 10.1 Å². The summed E-state index contributed by atoms with van der Waals surface area (Å²) in [6.07, 6.45) is 1.77. The van der Waals surface area contributed by atoms with Gasteiger partial charge in [0.05, 0.1) is 0 Å². The van der Waals surface area contributed by atoms with Gasteiger partial charge in [-0.25, -0.2) is 4.89 Å². The molecule has 0 bridgehead atoms. The molecule has 96 valence electrons. The van der Waals surface area contributed by atoms with Gasteiger partial charge in [0.25, 0.3) is 0 Å². The van der Waals surface area contributed by atoms with E-state index in [0.717, 1.165) is 18.4 Å². The molecule has 1 aromatic carbocycles. The fourth-order valence-electron chi connectivity index (χ4n) is 2.04. The maximum atomic E-state index is 9.10. The topological polar surface area (TPSA) is 29.5 Å². The highest BCUT2D eigenvalue weighted by molar-refractivity contribution is 5.30. The van der Waals surface area contributed by atoms with Gasteiger partial charge in [-0.05, 0) is 29.9 Å². The van der Waals surface area contributed by atoms with E-state index in [0.29, 0.717) is 0 Å². The average molecular weight is 236 g/mol. The van der Waals surface area contributed by atoms with E-state index in [1.165, 1.54) is 5.56 Å². The van der Waals surface area contributed by atoms with Crippen molar-refractivity contribution in [3.05, 3.63) is 35.4 Å². The van der Waals surface area contributed by atoms with Crippen molar-refractivity contribution >= 4 is 0 Å². The van der Waals surface area contributed by atoms with Crippen LogP contribution in [-0.2, 0) is 15.9 Å². The Balaban J connectivity index is 3.01. The fraction of sp³-hybridized carbons (Fsp3) is 0.600. The van der Waals surface area contributed by atoms with E-state index >= 15 is 0 Å². The normalized spacial score (nSPS) is 15.6. The van der Waals surface area contributed by atoms with E-state index in [1.807, 2.05) is 19.1 Å². The first-order chi connectivity index (χ1) is 7.83. The quantitative estimate of drug-likeness (QED) is 0.616. The highest BCUT2D eigenvalue weighted by Crippen LogP contribution is 2.31. The molecule has 2 nitrogen and oxygen atoms in total. The summed E-state index contributed by atoms with van der Waals surface area (Å²) >= 11 is 0. The second kappa shape index (κ2) is 5.19. The van der Waals surface area contributed by atoms with Crippen LogP contribution in [0.5, 0.6) is 0 Å². The molecule has 0 spiro atoms. The fourth-order valence-corrected chi connectivity index (χ4v) is 2.04. The smallest absolute Gasteiger partial charge is 0.125 e. The van der Waals surface area contributed by atoms with Crippen molar-refractivity contribution in [2.24, 2.45) is 0 Å². The highest BCUT2D eigenvalue weighted by atomic mass is 17.1. The molecule has 17 heavy (non-hydrogen) atoms. The summed E-state index contributed by atoms with van der Waals surface area (Å²) in [4.78, 5) is 4.69. The Morgan fingerprint density at radius 2 is 1.47 bits per heavy atom. The number of hydrogen-bond donors (Lipinski definition) is 1. The minimum atomic E-state index is -0.592. The molecule has 0 amide bonds. The van der Waals surface area contributed by atoms with Crippen LogP contribution in [0.2, 0.25) is 0 Å². The van der Waals surface area contributed by atoms with Gasteiger partial charge in [0.2, 0.25) is 0 Å². The van der Waals surface area contributed by atoms with Gasteiger partial charge >= 0.3 is 0 Å². The molecule has 0 aliphatic heterocycles. The lowest BCUT2D eigenvalue weighted by atomic mass is 9.84. The SMILES string of the molecule is CCCC(C)(OO)c1ccc(C(C)(C)C)cc1. The Hall–Kier alpha value is -0.860. The zero-order valence-electron chi connectivity index (χ0n) is 11.6. The van der Waals surface area contributed by atoms with Crippen molar-refractivity contribution in [1.82, 2.24) is 0 Å². The molecular weight excluding hydrogens is 212 g/mol. The number of hydrogen-bond acceptors (Lipinski definition) is 2. The lowest BCUT2D eigenvalue weighted by molar-refractivity contribution is -0.326. The molecule has 1 aromatic rings. The summed E-state index contributed by atoms with van der Waals surface area (Å²) in [7, 11) is 0. The molecule has 0 aromatic heterocycles. The Morgan fingerprint density at radius 3 is 1.82 bits per heavy atom. The van der Waals surface area contributed by atoms with Crippen molar-refractivity contribution in [2.75, 3.05) is 0 Å². The van der Waals surface area contributed by atoms with Crippen LogP contribution in [0.1, 0.15) is 58.6 Å². The van der Waals surface area contributed by atoms with E-state index in [4.69, 9.17) is 5.26 Å². The second-order valence-corrected chi connectivity index (χ2v) is 5.90. The van der Waals surface area contributed by atoms with E-state index in [9.17, 15) is 0 Å². The molecule has 0 saturated heterocycles. The molecule has 1 rings (SSSR count). The third kappa shape index (κ3) is 3.30. The average Bonchev–Trinajstić information content (AvgIpc) is 2.28. The maximum Gasteiger partial charge on any atom is 0.125 e. The van der Waals surface area contributed by atoms with E-state index in [1.54, 1.807) is 0 Å². The van der Waals surface area contributed by atoms with Gasteiger partial charge in [0, 0.05) is 0 Å². The van der Waals surface area contributed by atoms with Crippen LogP contribution >= 0.6 is 0 Å². The van der Waals surface area contributed by atoms with E-state index in [-0.39, 0.29) is 5.41 Å². The van der Waals surface area contributed by atoms with Gasteiger partial charge in [-0.2, -0.15) is 0 Å². The Bertz CT molecular complexity index is 348. The summed E-state index contributed by atoms with van der Waals surface area (Å²) in [6.45, 7) is 10.6. The summed E-state index contributed by atoms with van der Waals surface area (Å²) in [5.74, 6) is 0. The van der Waals surface area contributed by atoms with Gasteiger partial charge in [-0.1, -0.05) is 58.4 Å². The zero-order valence-corrected chi connectivity index (χ0v) is 11.6. The molecule has 1 N–H and O–H groups in total. The molecule has 1 unspecified atom stereocenters. The Kier molecular flexibility index (Phi) is 4.34. The Morgan fingerprint density at radius 1 is 1.00 bits per heavy atom. The molecule has 0 saturated carbocycles. The number of benzene rings is 1. The molecule has 0 radical (unpaired) electrons. The van der Waals surface area contributed by atoms with Crippen LogP contribution in [0.3, 0.4) is 0 Å². The summed E-state index contributed by atoms with van der Waals surface area (Å²) in [5, 5.41) is 9.10. The van der Waals surface area contributed by atoms with Gasteiger partial charge in [-0.3, -0.25) is 5.26 Å². The minimum absolute atomic E-state index is 0.153. The van der Waals surface area contributed by atoms with Crippen LogP contribution in [0.25, 0.3) is 0 Å². The third-order valence-corrected chi connectivity index (χ3v) is 3.29. The van der Waals surface area contributed by atoms with Gasteiger partial charge < -0.3 is 0 Å². The highest BCUT2D eigenvalue weighted by Gasteiger charge is 2.27. The number of rotatable bonds is 4. The van der Waals surface area contributed by atoms with Crippen molar-refractivity contribution in [3.8, 4) is 0 Å². The first-order valence-electron chi connectivity index (χ1n) is 6.27. The van der Waals surface area contributed by atoms with Crippen LogP contribution in [0.15, 0.2) is 24.3 Å². The molecule has 0 aliphatic rings. The molecule has 0 aliphatic carbocycles. The van der Waals surface area contributed by atoms with Gasteiger partial charge in [0.15, 0.2) is 0 Å². The standard InChI is InChI=1S/C15H24O2/c1-6-11-15(5,17-16)13-9-7-12(8-10-13)14(2,3)4/h7-10,16H,6,11H2,1-5H3. The molecular formula is C15H24O2. The van der Waals surface area contributed by atoms with Crippen LogP contribution in [0, 0.1) is 0 Å². The molecule has 1 atom stereocenters. The van der Waals surface area contributed by atoms with Crippen LogP contribution in [-0.4, -0.2) is 5.26 Å². The lowest BCUT2D eigenvalue weighted by Gasteiger charge is -2.27. The summed E-state index contributed by atoms with van der Waals surface area (Å²) in [6, 6.07) is 8.32. The minimum Gasteiger partial charge on any atom is -0.251 e. The van der Waals surface area contributed by atoms with Crippen molar-refractivity contribution in [3.63, 3.8) is 0 Å². The maximum absolute atomic E-state index is 9.10. The largest absolute Gasteiger partial charge is 0.251 e. The first-order valence-corrected chi connectivity index (χ1v) is 6.27. The third-order valence-electron chi connectivity index (χ3n) is 3.29. The molecule has 0 fully saturated rings. The summed E-state index contributed by atoms with van der Waals surface area (Å²) in [5.41, 5.74) is 1.87. The lowest BCUT2D eigenvalue weighted by Crippen LogP contribution is -2.24. The molecule has 0 heterocycles. The van der Waals surface area contributed by atoms with Gasteiger partial charge in [-0.15, -0.1) is 0 Å². The van der Waals surface area contributed by atoms with Crippen molar-refractivity contribution in [1.29, 1.82) is 0 Å². The molecule has 2 heteroatoms. The van der Waals surface area contributed by atoms with Crippen LogP contribution in [0.4, 0.5) is 0 Å². The van der Waals surface area contributed by atoms with Crippen LogP contribution < -0.4 is 0 Å². The monoisotopic (exact) mass is 236 g/mol. The van der Waals surface area contributed by atoms with Gasteiger partial charge in [0.1, 0.15) is 5.60 Å².